The largest absolute Gasteiger partial charge is 0.377 e. The van der Waals surface area contributed by atoms with Crippen molar-refractivity contribution in [2.24, 2.45) is 5.92 Å². The van der Waals surface area contributed by atoms with E-state index in [9.17, 15) is 0 Å². The Morgan fingerprint density at radius 2 is 2.15 bits per heavy atom. The molecular formula is C11H23NO. The van der Waals surface area contributed by atoms with Gasteiger partial charge < -0.3 is 10.1 Å². The van der Waals surface area contributed by atoms with E-state index in [-0.39, 0.29) is 0 Å². The third kappa shape index (κ3) is 9.57. The molecule has 0 saturated heterocycles. The summed E-state index contributed by atoms with van der Waals surface area (Å²) >= 11 is 0. The molecule has 0 aromatic heterocycles. The van der Waals surface area contributed by atoms with Crippen molar-refractivity contribution < 1.29 is 4.74 Å². The van der Waals surface area contributed by atoms with Gasteiger partial charge >= 0.3 is 0 Å². The van der Waals surface area contributed by atoms with Gasteiger partial charge in [-0.3, -0.25) is 0 Å². The van der Waals surface area contributed by atoms with E-state index in [1.54, 1.807) is 0 Å². The minimum atomic E-state index is 0.694. The maximum absolute atomic E-state index is 5.46. The van der Waals surface area contributed by atoms with Gasteiger partial charge in [-0.15, -0.1) is 0 Å². The molecular weight excluding hydrogens is 162 g/mol. The highest BCUT2D eigenvalue weighted by Crippen LogP contribution is 1.99. The highest BCUT2D eigenvalue weighted by atomic mass is 16.5. The quantitative estimate of drug-likeness (QED) is 0.462. The van der Waals surface area contributed by atoms with E-state index in [1.165, 1.54) is 0 Å². The first-order valence-corrected chi connectivity index (χ1v) is 5.12. The van der Waals surface area contributed by atoms with Crippen LogP contribution in [0.15, 0.2) is 12.2 Å². The Morgan fingerprint density at radius 1 is 1.46 bits per heavy atom. The third-order valence-corrected chi connectivity index (χ3v) is 1.77. The van der Waals surface area contributed by atoms with E-state index < -0.39 is 0 Å². The van der Waals surface area contributed by atoms with Crippen LogP contribution in [0.1, 0.15) is 27.2 Å². The molecule has 0 radical (unpaired) electrons. The lowest BCUT2D eigenvalue weighted by atomic mass is 10.1. The van der Waals surface area contributed by atoms with Crippen LogP contribution < -0.4 is 5.32 Å². The van der Waals surface area contributed by atoms with Crippen molar-refractivity contribution in [3.05, 3.63) is 12.2 Å². The molecule has 0 heterocycles. The third-order valence-electron chi connectivity index (χ3n) is 1.77. The van der Waals surface area contributed by atoms with Crippen LogP contribution in [0.25, 0.3) is 0 Å². The molecule has 0 aliphatic carbocycles. The van der Waals surface area contributed by atoms with Crippen LogP contribution in [0.2, 0.25) is 0 Å². The summed E-state index contributed by atoms with van der Waals surface area (Å²) in [5.74, 6) is 0.724. The minimum absolute atomic E-state index is 0.694. The summed E-state index contributed by atoms with van der Waals surface area (Å²) < 4.78 is 5.46. The molecule has 0 aromatic carbocycles. The van der Waals surface area contributed by atoms with Crippen molar-refractivity contribution in [3.63, 3.8) is 0 Å². The number of rotatable bonds is 8. The van der Waals surface area contributed by atoms with Crippen molar-refractivity contribution in [2.75, 3.05) is 26.3 Å². The molecule has 2 heteroatoms. The Labute approximate surface area is 82.4 Å². The summed E-state index contributed by atoms with van der Waals surface area (Å²) in [5, 5.41) is 3.22. The Kier molecular flexibility index (Phi) is 8.05. The first-order chi connectivity index (χ1) is 6.16. The fourth-order valence-electron chi connectivity index (χ4n) is 0.888. The summed E-state index contributed by atoms with van der Waals surface area (Å²) in [6.45, 7) is 13.8. The molecule has 0 spiro atoms. The fourth-order valence-corrected chi connectivity index (χ4v) is 0.888. The van der Waals surface area contributed by atoms with Crippen LogP contribution in [-0.2, 0) is 4.74 Å². The number of hydrogen-bond donors (Lipinski definition) is 1. The zero-order valence-corrected chi connectivity index (χ0v) is 9.23. The zero-order valence-electron chi connectivity index (χ0n) is 9.23. The van der Waals surface area contributed by atoms with Gasteiger partial charge in [0.15, 0.2) is 0 Å². The van der Waals surface area contributed by atoms with Gasteiger partial charge in [0.25, 0.3) is 0 Å². The topological polar surface area (TPSA) is 21.3 Å². The van der Waals surface area contributed by atoms with Crippen LogP contribution in [0.4, 0.5) is 0 Å². The van der Waals surface area contributed by atoms with E-state index in [1.807, 2.05) is 0 Å². The standard InChI is InChI=1S/C11H23NO/c1-5-12-8-11(4)9-13-7-6-10(2)3/h10,12H,4-9H2,1-3H3. The van der Waals surface area contributed by atoms with Crippen LogP contribution >= 0.6 is 0 Å². The van der Waals surface area contributed by atoms with Crippen molar-refractivity contribution >= 4 is 0 Å². The Bertz CT molecular complexity index is 132. The first-order valence-electron chi connectivity index (χ1n) is 5.12. The van der Waals surface area contributed by atoms with Crippen LogP contribution in [-0.4, -0.2) is 26.3 Å². The average Bonchev–Trinajstić information content (AvgIpc) is 2.08. The predicted molar refractivity (Wildman–Crippen MR) is 58.0 cm³/mol. The minimum Gasteiger partial charge on any atom is -0.377 e. The Balaban J connectivity index is 3.17. The van der Waals surface area contributed by atoms with Gasteiger partial charge in [0.05, 0.1) is 6.61 Å². The Morgan fingerprint density at radius 3 is 2.69 bits per heavy atom. The predicted octanol–water partition coefficient (Wildman–Crippen LogP) is 2.21. The molecule has 0 aliphatic heterocycles. The van der Waals surface area contributed by atoms with Gasteiger partial charge in [0.1, 0.15) is 0 Å². The van der Waals surface area contributed by atoms with Gasteiger partial charge in [0.2, 0.25) is 0 Å². The molecule has 0 saturated carbocycles. The smallest absolute Gasteiger partial charge is 0.0686 e. The molecule has 0 rings (SSSR count). The van der Waals surface area contributed by atoms with E-state index in [0.29, 0.717) is 6.61 Å². The summed E-state index contributed by atoms with van der Waals surface area (Å²) in [7, 11) is 0. The SMILES string of the molecule is C=C(CNCC)COCCC(C)C. The molecule has 0 aromatic rings. The van der Waals surface area contributed by atoms with E-state index in [4.69, 9.17) is 4.74 Å². The van der Waals surface area contributed by atoms with Crippen molar-refractivity contribution in [3.8, 4) is 0 Å². The van der Waals surface area contributed by atoms with Gasteiger partial charge in [-0.1, -0.05) is 27.4 Å². The lowest BCUT2D eigenvalue weighted by molar-refractivity contribution is 0.143. The summed E-state index contributed by atoms with van der Waals surface area (Å²) in [5.41, 5.74) is 1.13. The van der Waals surface area contributed by atoms with Gasteiger partial charge in [0, 0.05) is 13.2 Å². The lowest BCUT2D eigenvalue weighted by Gasteiger charge is -2.08. The van der Waals surface area contributed by atoms with E-state index in [0.717, 1.165) is 37.6 Å². The molecule has 0 unspecified atom stereocenters. The molecule has 1 N–H and O–H groups in total. The maximum Gasteiger partial charge on any atom is 0.0686 e. The molecule has 13 heavy (non-hydrogen) atoms. The van der Waals surface area contributed by atoms with Gasteiger partial charge in [-0.2, -0.15) is 0 Å². The van der Waals surface area contributed by atoms with Crippen LogP contribution in [0, 0.1) is 5.92 Å². The molecule has 0 fully saturated rings. The average molecular weight is 185 g/mol. The highest BCUT2D eigenvalue weighted by molar-refractivity contribution is 4.96. The van der Waals surface area contributed by atoms with Gasteiger partial charge in [-0.05, 0) is 24.5 Å². The lowest BCUT2D eigenvalue weighted by Crippen LogP contribution is -2.18. The molecule has 0 bridgehead atoms. The second-order valence-corrected chi connectivity index (χ2v) is 3.77. The van der Waals surface area contributed by atoms with Crippen molar-refractivity contribution in [1.82, 2.24) is 5.32 Å². The highest BCUT2D eigenvalue weighted by Gasteiger charge is 1.96. The second-order valence-electron chi connectivity index (χ2n) is 3.77. The normalized spacial score (nSPS) is 10.8. The fraction of sp³-hybridized carbons (Fsp3) is 0.818. The number of nitrogens with one attached hydrogen (secondary N) is 1. The maximum atomic E-state index is 5.46. The summed E-state index contributed by atoms with van der Waals surface area (Å²) in [6, 6.07) is 0. The summed E-state index contributed by atoms with van der Waals surface area (Å²) in [4.78, 5) is 0. The summed E-state index contributed by atoms with van der Waals surface area (Å²) in [6.07, 6.45) is 1.13. The van der Waals surface area contributed by atoms with Gasteiger partial charge in [-0.25, -0.2) is 0 Å². The van der Waals surface area contributed by atoms with E-state index >= 15 is 0 Å². The molecule has 2 nitrogen and oxygen atoms in total. The van der Waals surface area contributed by atoms with Crippen molar-refractivity contribution in [2.45, 2.75) is 27.2 Å². The van der Waals surface area contributed by atoms with E-state index in [2.05, 4.69) is 32.7 Å². The number of ether oxygens (including phenoxy) is 1. The molecule has 0 aliphatic rings. The number of likely N-dealkylation sites (N-methyl/N-ethyl adjacent to an activating group) is 1. The second kappa shape index (κ2) is 8.27. The molecule has 0 atom stereocenters. The zero-order chi connectivity index (χ0) is 10.1. The van der Waals surface area contributed by atoms with Crippen LogP contribution in [0.3, 0.4) is 0 Å². The molecule has 78 valence electrons. The molecule has 0 amide bonds. The number of hydrogen-bond acceptors (Lipinski definition) is 2. The Hall–Kier alpha value is -0.340. The first kappa shape index (κ1) is 12.7. The van der Waals surface area contributed by atoms with Crippen molar-refractivity contribution in [1.29, 1.82) is 0 Å². The monoisotopic (exact) mass is 185 g/mol. The van der Waals surface area contributed by atoms with Crippen LogP contribution in [0.5, 0.6) is 0 Å².